The summed E-state index contributed by atoms with van der Waals surface area (Å²) in [6.07, 6.45) is 1.38. The van der Waals surface area contributed by atoms with E-state index in [0.29, 0.717) is 43.2 Å². The summed E-state index contributed by atoms with van der Waals surface area (Å²) in [4.78, 5) is 0.301. The highest BCUT2D eigenvalue weighted by Gasteiger charge is 2.33. The molecule has 0 radical (unpaired) electrons. The number of rotatable bonds is 5. The minimum Gasteiger partial charge on any atom is -0.384 e. The molecular formula is C14H22N2O3S. The Morgan fingerprint density at radius 1 is 1.25 bits per heavy atom. The second kappa shape index (κ2) is 6.11. The van der Waals surface area contributed by atoms with Crippen LogP contribution in [-0.4, -0.2) is 33.7 Å². The molecule has 112 valence electrons. The van der Waals surface area contributed by atoms with Gasteiger partial charge in [-0.15, -0.1) is 0 Å². The fourth-order valence-corrected chi connectivity index (χ4v) is 3.99. The summed E-state index contributed by atoms with van der Waals surface area (Å²) in [6, 6.07) is 6.97. The molecule has 0 saturated carbocycles. The number of para-hydroxylation sites is 1. The number of hydrogen-bond acceptors (Lipinski definition) is 4. The Bertz CT molecular complexity index is 551. The summed E-state index contributed by atoms with van der Waals surface area (Å²) in [5.74, 6) is 0. The van der Waals surface area contributed by atoms with E-state index in [0.717, 1.165) is 0 Å². The van der Waals surface area contributed by atoms with E-state index in [1.165, 1.54) is 0 Å². The zero-order valence-electron chi connectivity index (χ0n) is 12.0. The standard InChI is InChI=1S/C14H22N2O3S/c1-3-15-12-6-4-5-7-13(12)20(17,18)16-14(2)8-10-19-11-9-14/h4-7,15-16H,3,8-11H2,1-2H3. The fraction of sp³-hybridized carbons (Fsp3) is 0.571. The van der Waals surface area contributed by atoms with Crippen molar-refractivity contribution >= 4 is 15.7 Å². The molecule has 0 bridgehead atoms. The Morgan fingerprint density at radius 3 is 2.55 bits per heavy atom. The SMILES string of the molecule is CCNc1ccccc1S(=O)(=O)NC1(C)CCOCC1. The van der Waals surface area contributed by atoms with E-state index >= 15 is 0 Å². The average Bonchev–Trinajstić information content (AvgIpc) is 2.39. The van der Waals surface area contributed by atoms with Gasteiger partial charge in [-0.05, 0) is 38.8 Å². The number of nitrogens with one attached hydrogen (secondary N) is 2. The van der Waals surface area contributed by atoms with Crippen LogP contribution in [0.4, 0.5) is 5.69 Å². The minimum atomic E-state index is -3.54. The second-order valence-corrected chi connectivity index (χ2v) is 6.96. The van der Waals surface area contributed by atoms with Crippen LogP contribution in [0.15, 0.2) is 29.2 Å². The molecule has 2 N–H and O–H groups in total. The first-order valence-electron chi connectivity index (χ1n) is 6.91. The van der Waals surface area contributed by atoms with Crippen molar-refractivity contribution in [3.8, 4) is 0 Å². The van der Waals surface area contributed by atoms with Crippen LogP contribution in [0.3, 0.4) is 0 Å². The molecule has 1 aliphatic heterocycles. The van der Waals surface area contributed by atoms with E-state index in [4.69, 9.17) is 4.74 Å². The predicted molar refractivity (Wildman–Crippen MR) is 79.4 cm³/mol. The lowest BCUT2D eigenvalue weighted by atomic mass is 9.94. The molecule has 2 rings (SSSR count). The molecule has 1 aromatic rings. The zero-order chi connectivity index (χ0) is 14.6. The van der Waals surface area contributed by atoms with Crippen LogP contribution >= 0.6 is 0 Å². The van der Waals surface area contributed by atoms with Gasteiger partial charge in [-0.3, -0.25) is 0 Å². The van der Waals surface area contributed by atoms with Gasteiger partial charge in [0.1, 0.15) is 4.90 Å². The average molecular weight is 298 g/mol. The molecule has 6 heteroatoms. The second-order valence-electron chi connectivity index (χ2n) is 5.31. The van der Waals surface area contributed by atoms with Crippen LogP contribution < -0.4 is 10.0 Å². The van der Waals surface area contributed by atoms with Crippen LogP contribution in [-0.2, 0) is 14.8 Å². The smallest absolute Gasteiger partial charge is 0.243 e. The monoisotopic (exact) mass is 298 g/mol. The van der Waals surface area contributed by atoms with E-state index in [-0.39, 0.29) is 0 Å². The fourth-order valence-electron chi connectivity index (χ4n) is 2.34. The van der Waals surface area contributed by atoms with Gasteiger partial charge in [0.2, 0.25) is 10.0 Å². The lowest BCUT2D eigenvalue weighted by Gasteiger charge is -2.34. The molecule has 1 aliphatic rings. The van der Waals surface area contributed by atoms with Crippen molar-refractivity contribution in [1.29, 1.82) is 0 Å². The summed E-state index contributed by atoms with van der Waals surface area (Å²) in [7, 11) is -3.54. The molecule has 1 aromatic carbocycles. The maximum absolute atomic E-state index is 12.6. The number of hydrogen-bond donors (Lipinski definition) is 2. The Morgan fingerprint density at radius 2 is 1.90 bits per heavy atom. The largest absolute Gasteiger partial charge is 0.384 e. The summed E-state index contributed by atoms with van der Waals surface area (Å²) >= 11 is 0. The summed E-state index contributed by atoms with van der Waals surface area (Å²) in [6.45, 7) is 5.74. The van der Waals surface area contributed by atoms with Crippen LogP contribution in [0.5, 0.6) is 0 Å². The van der Waals surface area contributed by atoms with Gasteiger partial charge in [0.15, 0.2) is 0 Å². The van der Waals surface area contributed by atoms with Crippen molar-refractivity contribution in [3.05, 3.63) is 24.3 Å². The maximum atomic E-state index is 12.6. The molecule has 1 heterocycles. The van der Waals surface area contributed by atoms with Crippen molar-refractivity contribution in [2.24, 2.45) is 0 Å². The normalized spacial score (nSPS) is 18.7. The van der Waals surface area contributed by atoms with Crippen LogP contribution in [0.2, 0.25) is 0 Å². The quantitative estimate of drug-likeness (QED) is 0.872. The molecule has 5 nitrogen and oxygen atoms in total. The molecule has 1 fully saturated rings. The Balaban J connectivity index is 2.26. The lowest BCUT2D eigenvalue weighted by Crippen LogP contribution is -2.49. The Hall–Kier alpha value is -1.11. The molecule has 0 amide bonds. The molecule has 0 aliphatic carbocycles. The van der Waals surface area contributed by atoms with Crippen molar-refractivity contribution in [3.63, 3.8) is 0 Å². The number of benzene rings is 1. The van der Waals surface area contributed by atoms with Crippen molar-refractivity contribution < 1.29 is 13.2 Å². The van der Waals surface area contributed by atoms with Gasteiger partial charge >= 0.3 is 0 Å². The van der Waals surface area contributed by atoms with Gasteiger partial charge in [0, 0.05) is 25.3 Å². The van der Waals surface area contributed by atoms with Gasteiger partial charge in [0.25, 0.3) is 0 Å². The summed E-state index contributed by atoms with van der Waals surface area (Å²) in [5.41, 5.74) is 0.203. The van der Waals surface area contributed by atoms with Crippen LogP contribution in [0.25, 0.3) is 0 Å². The first-order chi connectivity index (χ1) is 9.47. The molecule has 0 aromatic heterocycles. The van der Waals surface area contributed by atoms with Crippen molar-refractivity contribution in [2.45, 2.75) is 37.1 Å². The van der Waals surface area contributed by atoms with Gasteiger partial charge in [0.05, 0.1) is 5.69 Å². The molecule has 0 atom stereocenters. The Labute approximate surface area is 120 Å². The highest BCUT2D eigenvalue weighted by atomic mass is 32.2. The van der Waals surface area contributed by atoms with E-state index in [2.05, 4.69) is 10.0 Å². The molecule has 0 unspecified atom stereocenters. The minimum absolute atomic E-state index is 0.301. The van der Waals surface area contributed by atoms with Crippen molar-refractivity contribution in [1.82, 2.24) is 4.72 Å². The van der Waals surface area contributed by atoms with Gasteiger partial charge in [-0.1, -0.05) is 12.1 Å². The first-order valence-corrected chi connectivity index (χ1v) is 8.40. The highest BCUT2D eigenvalue weighted by molar-refractivity contribution is 7.89. The highest BCUT2D eigenvalue weighted by Crippen LogP contribution is 2.26. The Kier molecular flexibility index (Phi) is 4.67. The third-order valence-corrected chi connectivity index (χ3v) is 5.22. The molecule has 20 heavy (non-hydrogen) atoms. The maximum Gasteiger partial charge on any atom is 0.243 e. The first kappa shape index (κ1) is 15.3. The third kappa shape index (κ3) is 3.50. The molecule has 1 saturated heterocycles. The number of sulfonamides is 1. The zero-order valence-corrected chi connectivity index (χ0v) is 12.8. The van der Waals surface area contributed by atoms with Gasteiger partial charge in [-0.25, -0.2) is 13.1 Å². The predicted octanol–water partition coefficient (Wildman–Crippen LogP) is 1.97. The molecular weight excluding hydrogens is 276 g/mol. The third-order valence-electron chi connectivity index (χ3n) is 3.52. The summed E-state index contributed by atoms with van der Waals surface area (Å²) in [5, 5.41) is 3.09. The van der Waals surface area contributed by atoms with Gasteiger partial charge < -0.3 is 10.1 Å². The summed E-state index contributed by atoms with van der Waals surface area (Å²) < 4.78 is 33.4. The lowest BCUT2D eigenvalue weighted by molar-refractivity contribution is 0.0537. The number of anilines is 1. The van der Waals surface area contributed by atoms with Crippen LogP contribution in [0.1, 0.15) is 26.7 Å². The van der Waals surface area contributed by atoms with E-state index < -0.39 is 15.6 Å². The van der Waals surface area contributed by atoms with E-state index in [1.54, 1.807) is 18.2 Å². The molecule has 0 spiro atoms. The van der Waals surface area contributed by atoms with E-state index in [9.17, 15) is 8.42 Å². The van der Waals surface area contributed by atoms with Gasteiger partial charge in [-0.2, -0.15) is 0 Å². The van der Waals surface area contributed by atoms with Crippen molar-refractivity contribution in [2.75, 3.05) is 25.1 Å². The number of ether oxygens (including phenoxy) is 1. The topological polar surface area (TPSA) is 67.4 Å². The van der Waals surface area contributed by atoms with Crippen LogP contribution in [0, 0.1) is 0 Å². The van der Waals surface area contributed by atoms with E-state index in [1.807, 2.05) is 19.9 Å².